The summed E-state index contributed by atoms with van der Waals surface area (Å²) in [7, 11) is 0. The minimum absolute atomic E-state index is 0.227. The third-order valence-electron chi connectivity index (χ3n) is 3.28. The molecule has 3 nitrogen and oxygen atoms in total. The Morgan fingerprint density at radius 3 is 2.57 bits per heavy atom. The Bertz CT molecular complexity index is 753. The van der Waals surface area contributed by atoms with Crippen molar-refractivity contribution in [3.63, 3.8) is 0 Å². The van der Waals surface area contributed by atoms with Gasteiger partial charge in [-0.1, -0.05) is 50.1 Å². The number of nitrogens with two attached hydrogens (primary N) is 1. The first-order valence-corrected chi connectivity index (χ1v) is 8.04. The summed E-state index contributed by atoms with van der Waals surface area (Å²) in [6.45, 7) is 0. The molecule has 0 aliphatic carbocycles. The smallest absolute Gasteiger partial charge is 0.0645 e. The third-order valence-corrected chi connectivity index (χ3v) is 4.49. The van der Waals surface area contributed by atoms with Gasteiger partial charge in [0.25, 0.3) is 0 Å². The Kier molecular flexibility index (Phi) is 4.24. The van der Waals surface area contributed by atoms with Crippen LogP contribution in [0.4, 0.5) is 0 Å². The number of rotatable bonds is 3. The van der Waals surface area contributed by atoms with E-state index in [0.29, 0.717) is 0 Å². The molecule has 1 atom stereocenters. The number of aromatic nitrogens is 2. The minimum Gasteiger partial charge on any atom is -0.320 e. The van der Waals surface area contributed by atoms with E-state index in [-0.39, 0.29) is 6.04 Å². The fraction of sp³-hybridized carbons (Fsp3) is 0.0625. The standard InChI is InChI=1S/C16H13Br2N3/c17-12-6-7-15(18)14(8-12)16(19)11-9-20-21(10-11)13-4-2-1-3-5-13/h1-10,16H,19H2. The zero-order valence-corrected chi connectivity index (χ0v) is 14.3. The molecular weight excluding hydrogens is 394 g/mol. The van der Waals surface area contributed by atoms with Gasteiger partial charge in [-0.2, -0.15) is 5.10 Å². The third kappa shape index (κ3) is 3.10. The van der Waals surface area contributed by atoms with Crippen molar-refractivity contribution in [1.82, 2.24) is 9.78 Å². The summed E-state index contributed by atoms with van der Waals surface area (Å²) < 4.78 is 3.83. The van der Waals surface area contributed by atoms with Crippen LogP contribution in [0.25, 0.3) is 5.69 Å². The van der Waals surface area contributed by atoms with E-state index in [4.69, 9.17) is 5.73 Å². The maximum absolute atomic E-state index is 6.37. The second-order valence-corrected chi connectivity index (χ2v) is 6.47. The Balaban J connectivity index is 1.94. The fourth-order valence-electron chi connectivity index (χ4n) is 2.15. The first-order chi connectivity index (χ1) is 10.1. The van der Waals surface area contributed by atoms with Gasteiger partial charge in [-0.3, -0.25) is 0 Å². The van der Waals surface area contributed by atoms with Gasteiger partial charge in [0.2, 0.25) is 0 Å². The fourth-order valence-corrected chi connectivity index (χ4v) is 3.02. The van der Waals surface area contributed by atoms with Crippen LogP contribution in [0.3, 0.4) is 0 Å². The van der Waals surface area contributed by atoms with Crippen LogP contribution in [0, 0.1) is 0 Å². The predicted octanol–water partition coefficient (Wildman–Crippen LogP) is 4.45. The average Bonchev–Trinajstić information content (AvgIpc) is 3.00. The Morgan fingerprint density at radius 2 is 1.81 bits per heavy atom. The summed E-state index contributed by atoms with van der Waals surface area (Å²) in [6.07, 6.45) is 3.78. The van der Waals surface area contributed by atoms with Crippen molar-refractivity contribution in [2.45, 2.75) is 6.04 Å². The molecule has 0 spiro atoms. The topological polar surface area (TPSA) is 43.8 Å². The van der Waals surface area contributed by atoms with Crippen LogP contribution in [0.15, 0.2) is 69.9 Å². The molecule has 0 aliphatic rings. The minimum atomic E-state index is -0.227. The molecule has 1 unspecified atom stereocenters. The van der Waals surface area contributed by atoms with Gasteiger partial charge in [-0.15, -0.1) is 0 Å². The second-order valence-electron chi connectivity index (χ2n) is 4.70. The highest BCUT2D eigenvalue weighted by Gasteiger charge is 2.15. The van der Waals surface area contributed by atoms with Crippen molar-refractivity contribution in [3.05, 3.63) is 81.0 Å². The highest BCUT2D eigenvalue weighted by molar-refractivity contribution is 9.11. The number of benzene rings is 2. The Morgan fingerprint density at radius 1 is 1.05 bits per heavy atom. The van der Waals surface area contributed by atoms with Crippen LogP contribution >= 0.6 is 31.9 Å². The Labute approximate surface area is 140 Å². The lowest BCUT2D eigenvalue weighted by Crippen LogP contribution is -2.11. The zero-order chi connectivity index (χ0) is 14.8. The van der Waals surface area contributed by atoms with E-state index in [2.05, 4.69) is 37.0 Å². The van der Waals surface area contributed by atoms with Crippen molar-refractivity contribution in [1.29, 1.82) is 0 Å². The van der Waals surface area contributed by atoms with Crippen LogP contribution in [-0.4, -0.2) is 9.78 Å². The van der Waals surface area contributed by atoms with Crippen LogP contribution < -0.4 is 5.73 Å². The molecule has 0 fully saturated rings. The van der Waals surface area contributed by atoms with Gasteiger partial charge >= 0.3 is 0 Å². The molecule has 0 saturated carbocycles. The number of hydrogen-bond acceptors (Lipinski definition) is 2. The first kappa shape index (κ1) is 14.5. The average molecular weight is 407 g/mol. The summed E-state index contributed by atoms with van der Waals surface area (Å²) in [5.41, 5.74) is 9.39. The molecular formula is C16H13Br2N3. The van der Waals surface area contributed by atoms with Gasteiger partial charge in [-0.25, -0.2) is 4.68 Å². The maximum atomic E-state index is 6.37. The summed E-state index contributed by atoms with van der Waals surface area (Å²) in [6, 6.07) is 15.7. The van der Waals surface area contributed by atoms with E-state index in [0.717, 1.165) is 25.8 Å². The summed E-state index contributed by atoms with van der Waals surface area (Å²) >= 11 is 7.03. The molecule has 21 heavy (non-hydrogen) atoms. The lowest BCUT2D eigenvalue weighted by atomic mass is 10.0. The molecule has 0 amide bonds. The van der Waals surface area contributed by atoms with E-state index in [1.165, 1.54) is 0 Å². The van der Waals surface area contributed by atoms with Gasteiger partial charge in [0.1, 0.15) is 0 Å². The normalized spacial score (nSPS) is 12.3. The lowest BCUT2D eigenvalue weighted by Gasteiger charge is -2.12. The van der Waals surface area contributed by atoms with Gasteiger partial charge in [0.15, 0.2) is 0 Å². The summed E-state index contributed by atoms with van der Waals surface area (Å²) in [5, 5.41) is 4.39. The number of halogens is 2. The molecule has 3 rings (SSSR count). The zero-order valence-electron chi connectivity index (χ0n) is 11.1. The monoisotopic (exact) mass is 405 g/mol. The predicted molar refractivity (Wildman–Crippen MR) is 91.4 cm³/mol. The molecule has 2 aromatic carbocycles. The molecule has 0 saturated heterocycles. The van der Waals surface area contributed by atoms with Crippen molar-refractivity contribution in [2.75, 3.05) is 0 Å². The maximum Gasteiger partial charge on any atom is 0.0645 e. The number of hydrogen-bond donors (Lipinski definition) is 1. The van der Waals surface area contributed by atoms with Crippen LogP contribution in [0.2, 0.25) is 0 Å². The molecule has 0 aliphatic heterocycles. The van der Waals surface area contributed by atoms with Crippen molar-refractivity contribution in [3.8, 4) is 5.69 Å². The molecule has 5 heteroatoms. The van der Waals surface area contributed by atoms with Crippen molar-refractivity contribution in [2.24, 2.45) is 5.73 Å². The van der Waals surface area contributed by atoms with E-state index in [1.54, 1.807) is 0 Å². The molecule has 2 N–H and O–H groups in total. The molecule has 0 radical (unpaired) electrons. The van der Waals surface area contributed by atoms with Crippen LogP contribution in [-0.2, 0) is 0 Å². The molecule has 0 bridgehead atoms. The van der Waals surface area contributed by atoms with E-state index >= 15 is 0 Å². The van der Waals surface area contributed by atoms with E-state index < -0.39 is 0 Å². The number of para-hydroxylation sites is 1. The van der Waals surface area contributed by atoms with Gasteiger partial charge in [-0.05, 0) is 35.9 Å². The quantitative estimate of drug-likeness (QED) is 0.698. The van der Waals surface area contributed by atoms with Crippen LogP contribution in [0.1, 0.15) is 17.2 Å². The van der Waals surface area contributed by atoms with Gasteiger partial charge in [0.05, 0.1) is 17.9 Å². The lowest BCUT2D eigenvalue weighted by molar-refractivity contribution is 0.857. The SMILES string of the molecule is NC(c1cnn(-c2ccccc2)c1)c1cc(Br)ccc1Br. The molecule has 106 valence electrons. The highest BCUT2D eigenvalue weighted by atomic mass is 79.9. The van der Waals surface area contributed by atoms with Crippen LogP contribution in [0.5, 0.6) is 0 Å². The summed E-state index contributed by atoms with van der Waals surface area (Å²) in [4.78, 5) is 0. The second kappa shape index (κ2) is 6.13. The molecule has 3 aromatic rings. The first-order valence-electron chi connectivity index (χ1n) is 6.45. The van der Waals surface area contributed by atoms with E-state index in [9.17, 15) is 0 Å². The Hall–Kier alpha value is -1.43. The number of nitrogens with zero attached hydrogens (tertiary/aromatic N) is 2. The van der Waals surface area contributed by atoms with Crippen molar-refractivity contribution < 1.29 is 0 Å². The largest absolute Gasteiger partial charge is 0.320 e. The molecule has 1 aromatic heterocycles. The summed E-state index contributed by atoms with van der Waals surface area (Å²) in [5.74, 6) is 0. The van der Waals surface area contributed by atoms with Gasteiger partial charge in [0, 0.05) is 20.7 Å². The van der Waals surface area contributed by atoms with Gasteiger partial charge < -0.3 is 5.73 Å². The molecule has 1 heterocycles. The highest BCUT2D eigenvalue weighted by Crippen LogP contribution is 2.29. The van der Waals surface area contributed by atoms with Crippen molar-refractivity contribution >= 4 is 31.9 Å². The van der Waals surface area contributed by atoms with E-state index in [1.807, 2.05) is 65.6 Å².